The molecule has 1 aliphatic rings. The van der Waals surface area contributed by atoms with Crippen molar-refractivity contribution in [3.63, 3.8) is 0 Å². The van der Waals surface area contributed by atoms with Crippen LogP contribution in [0, 0.1) is 0 Å². The van der Waals surface area contributed by atoms with Crippen LogP contribution >= 0.6 is 12.2 Å². The van der Waals surface area contributed by atoms with E-state index in [0.29, 0.717) is 11.7 Å². The van der Waals surface area contributed by atoms with Gasteiger partial charge in [-0.25, -0.2) is 0 Å². The van der Waals surface area contributed by atoms with E-state index in [1.165, 1.54) is 7.11 Å². The second-order valence-electron chi connectivity index (χ2n) is 6.66. The van der Waals surface area contributed by atoms with Crippen molar-refractivity contribution in [3.05, 3.63) is 78.6 Å². The van der Waals surface area contributed by atoms with Gasteiger partial charge in [-0.05, 0) is 48.6 Å². The monoisotopic (exact) mass is 407 g/mol. The van der Waals surface area contributed by atoms with Crippen molar-refractivity contribution in [2.45, 2.75) is 18.5 Å². The molecule has 1 N–H and O–H groups in total. The number of carbonyl (C=O) groups excluding carboxylic acids is 1. The fraction of sp³-hybridized carbons (Fsp3) is 0.238. The molecule has 8 heteroatoms. The van der Waals surface area contributed by atoms with Crippen LogP contribution in [0.3, 0.4) is 0 Å². The van der Waals surface area contributed by atoms with E-state index >= 15 is 0 Å². The number of thiocarbonyl (C=S) groups is 1. The smallest absolute Gasteiger partial charge is 0.307 e. The Hall–Kier alpha value is -3.26. The molecule has 1 saturated heterocycles. The first-order chi connectivity index (χ1) is 14.2. The van der Waals surface area contributed by atoms with E-state index in [4.69, 9.17) is 17.0 Å². The lowest BCUT2D eigenvalue weighted by Crippen LogP contribution is -2.32. The molecule has 0 amide bonds. The Morgan fingerprint density at radius 3 is 2.83 bits per heavy atom. The van der Waals surface area contributed by atoms with Gasteiger partial charge in [-0.2, -0.15) is 0 Å². The number of hydrogen-bond acceptors (Lipinski definition) is 5. The molecule has 2 atom stereocenters. The maximum Gasteiger partial charge on any atom is 0.307 e. The van der Waals surface area contributed by atoms with Gasteiger partial charge in [-0.3, -0.25) is 14.8 Å². The Kier molecular flexibility index (Phi) is 5.53. The van der Waals surface area contributed by atoms with E-state index < -0.39 is 0 Å². The average Bonchev–Trinajstić information content (AvgIpc) is 3.37. The van der Waals surface area contributed by atoms with Crippen molar-refractivity contribution >= 4 is 23.3 Å². The normalized spacial score (nSPS) is 18.5. The highest BCUT2D eigenvalue weighted by Gasteiger charge is 2.41. The topological polar surface area (TPSA) is 72.3 Å². The van der Waals surface area contributed by atoms with Crippen LogP contribution in [0.4, 0.5) is 0 Å². The molecule has 0 spiro atoms. The molecule has 0 bridgehead atoms. The Morgan fingerprint density at radius 2 is 2.10 bits per heavy atom. The number of ether oxygens (including phenoxy) is 1. The van der Waals surface area contributed by atoms with E-state index in [9.17, 15) is 4.79 Å². The molecule has 0 unspecified atom stereocenters. The third kappa shape index (κ3) is 3.84. The highest BCUT2D eigenvalue weighted by atomic mass is 32.1. The minimum atomic E-state index is -0.268. The average molecular weight is 407 g/mol. The second-order valence-corrected chi connectivity index (χ2v) is 7.05. The molecule has 148 valence electrons. The first kappa shape index (κ1) is 19.1. The molecular weight excluding hydrogens is 386 g/mol. The van der Waals surface area contributed by atoms with Crippen LogP contribution in [0.15, 0.2) is 67.3 Å². The summed E-state index contributed by atoms with van der Waals surface area (Å²) in [6.07, 6.45) is 7.59. The van der Waals surface area contributed by atoms with Gasteiger partial charge in [-0.15, -0.1) is 0 Å². The number of esters is 1. The first-order valence-electron chi connectivity index (χ1n) is 9.31. The molecular formula is C21H21N5O2S. The number of nitrogens with one attached hydrogen (secondary N) is 1. The van der Waals surface area contributed by atoms with Gasteiger partial charge in [0.25, 0.3) is 0 Å². The highest BCUT2D eigenvalue weighted by Crippen LogP contribution is 2.39. The number of rotatable bonds is 6. The summed E-state index contributed by atoms with van der Waals surface area (Å²) in [5.74, 6) is -0.268. The lowest BCUT2D eigenvalue weighted by molar-refractivity contribution is -0.140. The molecule has 29 heavy (non-hydrogen) atoms. The van der Waals surface area contributed by atoms with Crippen molar-refractivity contribution in [2.75, 3.05) is 13.7 Å². The zero-order valence-electron chi connectivity index (χ0n) is 15.9. The predicted octanol–water partition coefficient (Wildman–Crippen LogP) is 2.80. The van der Waals surface area contributed by atoms with Gasteiger partial charge in [0, 0.05) is 30.8 Å². The SMILES string of the molecule is COC(=O)CCN1C(=S)N[C@@H](c2ccccn2)[C@H]1c1cccn1-c1cccnc1. The van der Waals surface area contributed by atoms with E-state index in [1.807, 2.05) is 53.7 Å². The Morgan fingerprint density at radius 1 is 1.21 bits per heavy atom. The molecule has 1 aliphatic heterocycles. The summed E-state index contributed by atoms with van der Waals surface area (Å²) >= 11 is 5.63. The number of hydrogen-bond donors (Lipinski definition) is 1. The lowest BCUT2D eigenvalue weighted by Gasteiger charge is -2.28. The van der Waals surface area contributed by atoms with Gasteiger partial charge in [0.05, 0.1) is 43.2 Å². The Bertz CT molecular complexity index is 993. The molecule has 3 aromatic rings. The molecule has 3 aromatic heterocycles. The Balaban J connectivity index is 1.75. The first-order valence-corrected chi connectivity index (χ1v) is 9.72. The van der Waals surface area contributed by atoms with Crippen LogP contribution < -0.4 is 5.32 Å². The van der Waals surface area contributed by atoms with Gasteiger partial charge in [-0.1, -0.05) is 6.07 Å². The van der Waals surface area contributed by atoms with E-state index in [2.05, 4.69) is 25.9 Å². The van der Waals surface area contributed by atoms with Crippen molar-refractivity contribution in [2.24, 2.45) is 0 Å². The number of methoxy groups -OCH3 is 1. The standard InChI is InChI=1S/C21H21N5O2S/c1-28-18(27)9-13-26-20(19(24-21(26)29)16-7-2-3-11-23-16)17-8-5-12-25(17)15-6-4-10-22-14-15/h2-8,10-12,14,19-20H,9,13H2,1H3,(H,24,29)/t19-,20+/m0/s1. The molecule has 1 fully saturated rings. The summed E-state index contributed by atoms with van der Waals surface area (Å²) in [4.78, 5) is 22.6. The fourth-order valence-electron chi connectivity index (χ4n) is 3.65. The van der Waals surface area contributed by atoms with Crippen molar-refractivity contribution in [1.82, 2.24) is 24.8 Å². The van der Waals surface area contributed by atoms with Gasteiger partial charge in [0.1, 0.15) is 0 Å². The molecule has 7 nitrogen and oxygen atoms in total. The summed E-state index contributed by atoms with van der Waals surface area (Å²) in [6, 6.07) is 13.5. The summed E-state index contributed by atoms with van der Waals surface area (Å²) < 4.78 is 6.91. The van der Waals surface area contributed by atoms with Crippen molar-refractivity contribution < 1.29 is 9.53 Å². The van der Waals surface area contributed by atoms with Crippen LogP contribution in [-0.2, 0) is 9.53 Å². The summed E-state index contributed by atoms with van der Waals surface area (Å²) in [5.41, 5.74) is 2.88. The zero-order valence-corrected chi connectivity index (χ0v) is 16.7. The number of aromatic nitrogens is 3. The largest absolute Gasteiger partial charge is 0.469 e. The van der Waals surface area contributed by atoms with E-state index in [-0.39, 0.29) is 24.5 Å². The van der Waals surface area contributed by atoms with Crippen LogP contribution in [0.25, 0.3) is 5.69 Å². The quantitative estimate of drug-likeness (QED) is 0.498. The van der Waals surface area contributed by atoms with Gasteiger partial charge in [0.15, 0.2) is 5.11 Å². The maximum absolute atomic E-state index is 11.8. The lowest BCUT2D eigenvalue weighted by atomic mass is 10.0. The van der Waals surface area contributed by atoms with E-state index in [1.54, 1.807) is 12.4 Å². The number of nitrogens with zero attached hydrogens (tertiary/aromatic N) is 4. The summed E-state index contributed by atoms with van der Waals surface area (Å²) in [7, 11) is 1.39. The number of carbonyl (C=O) groups is 1. The van der Waals surface area contributed by atoms with Gasteiger partial charge >= 0.3 is 5.97 Å². The fourth-order valence-corrected chi connectivity index (χ4v) is 3.98. The second kappa shape index (κ2) is 8.40. The highest BCUT2D eigenvalue weighted by molar-refractivity contribution is 7.80. The third-order valence-electron chi connectivity index (χ3n) is 4.99. The zero-order chi connectivity index (χ0) is 20.2. The van der Waals surface area contributed by atoms with Crippen LogP contribution in [-0.4, -0.2) is 44.2 Å². The molecule has 0 aliphatic carbocycles. The molecule has 4 rings (SSSR count). The predicted molar refractivity (Wildman–Crippen MR) is 112 cm³/mol. The third-order valence-corrected chi connectivity index (χ3v) is 5.34. The van der Waals surface area contributed by atoms with Crippen LogP contribution in [0.5, 0.6) is 0 Å². The summed E-state index contributed by atoms with van der Waals surface area (Å²) in [5, 5.41) is 3.98. The van der Waals surface area contributed by atoms with Crippen LogP contribution in [0.1, 0.15) is 29.9 Å². The van der Waals surface area contributed by atoms with Crippen LogP contribution in [0.2, 0.25) is 0 Å². The van der Waals surface area contributed by atoms with Crippen molar-refractivity contribution in [3.8, 4) is 5.69 Å². The number of pyridine rings is 2. The minimum absolute atomic E-state index is 0.141. The van der Waals surface area contributed by atoms with Gasteiger partial charge < -0.3 is 19.5 Å². The van der Waals surface area contributed by atoms with Crippen molar-refractivity contribution in [1.29, 1.82) is 0 Å². The molecule has 0 saturated carbocycles. The molecule has 4 heterocycles. The minimum Gasteiger partial charge on any atom is -0.469 e. The van der Waals surface area contributed by atoms with Gasteiger partial charge in [0.2, 0.25) is 0 Å². The van der Waals surface area contributed by atoms with E-state index in [0.717, 1.165) is 17.1 Å². The molecule has 0 radical (unpaired) electrons. The maximum atomic E-state index is 11.8. The molecule has 0 aromatic carbocycles. The summed E-state index contributed by atoms with van der Waals surface area (Å²) in [6.45, 7) is 0.449. The Labute approximate surface area is 174 Å².